The van der Waals surface area contributed by atoms with Gasteiger partial charge in [-0.05, 0) is 18.2 Å². The summed E-state index contributed by atoms with van der Waals surface area (Å²) < 4.78 is 15.9. The van der Waals surface area contributed by atoms with Crippen molar-refractivity contribution < 1.29 is 18.8 Å². The van der Waals surface area contributed by atoms with E-state index in [-0.39, 0.29) is 10.7 Å². The number of benzene rings is 1. The van der Waals surface area contributed by atoms with E-state index in [1.54, 1.807) is 19.2 Å². The summed E-state index contributed by atoms with van der Waals surface area (Å²) in [7, 11) is 1.63. The number of hydrogen-bond acceptors (Lipinski definition) is 6. The molecule has 0 saturated heterocycles. The highest BCUT2D eigenvalue weighted by Crippen LogP contribution is 2.32. The second kappa shape index (κ2) is 9.39. The van der Waals surface area contributed by atoms with Gasteiger partial charge in [-0.2, -0.15) is 0 Å². The first-order valence-corrected chi connectivity index (χ1v) is 7.80. The summed E-state index contributed by atoms with van der Waals surface area (Å²) in [6.45, 7) is 2.99. The summed E-state index contributed by atoms with van der Waals surface area (Å²) in [5.41, 5.74) is 0.571. The van der Waals surface area contributed by atoms with E-state index in [1.807, 2.05) is 6.07 Å². The van der Waals surface area contributed by atoms with E-state index in [1.165, 1.54) is 12.1 Å². The number of ether oxygens (including phenoxy) is 2. The topological polar surface area (TPSA) is 86.8 Å². The molecule has 8 heteroatoms. The number of nitrogens with one attached hydrogen (secondary N) is 1. The standard InChI is InChI=1S/C16H19ClN2O5/c1-22-8-9-23-7-6-18-11-13-3-5-16(24-13)14-4-2-12(19(20)21)10-15(14)17/h2-5,10,18H,6-9,11H2,1H3. The quantitative estimate of drug-likeness (QED) is 0.400. The van der Waals surface area contributed by atoms with E-state index in [0.717, 1.165) is 5.76 Å². The third kappa shape index (κ3) is 5.31. The Morgan fingerprint density at radius 3 is 2.79 bits per heavy atom. The Morgan fingerprint density at radius 1 is 1.25 bits per heavy atom. The SMILES string of the molecule is COCCOCCNCc1ccc(-c2ccc([N+](=O)[O-])cc2Cl)o1. The average Bonchev–Trinajstić information content (AvgIpc) is 3.02. The smallest absolute Gasteiger partial charge is 0.270 e. The predicted octanol–water partition coefficient (Wildman–Crippen LogP) is 3.26. The second-order valence-corrected chi connectivity index (χ2v) is 5.38. The molecule has 1 heterocycles. The molecule has 0 saturated carbocycles. The molecule has 1 aromatic heterocycles. The number of nitro groups is 1. The molecule has 0 unspecified atom stereocenters. The maximum Gasteiger partial charge on any atom is 0.270 e. The summed E-state index contributed by atoms with van der Waals surface area (Å²) in [4.78, 5) is 10.2. The van der Waals surface area contributed by atoms with Crippen molar-refractivity contribution in [2.75, 3.05) is 33.5 Å². The molecule has 1 N–H and O–H groups in total. The highest BCUT2D eigenvalue weighted by Gasteiger charge is 2.13. The largest absolute Gasteiger partial charge is 0.460 e. The number of furan rings is 1. The van der Waals surface area contributed by atoms with Gasteiger partial charge in [0.15, 0.2) is 0 Å². The number of hydrogen-bond donors (Lipinski definition) is 1. The lowest BCUT2D eigenvalue weighted by Gasteiger charge is -2.04. The highest BCUT2D eigenvalue weighted by atomic mass is 35.5. The summed E-state index contributed by atoms with van der Waals surface area (Å²) in [6, 6.07) is 7.93. The first-order valence-electron chi connectivity index (χ1n) is 7.42. The van der Waals surface area contributed by atoms with Crippen LogP contribution in [0.1, 0.15) is 5.76 Å². The van der Waals surface area contributed by atoms with Crippen LogP contribution in [0.4, 0.5) is 5.69 Å². The molecule has 0 bridgehead atoms. The Kier molecular flexibility index (Phi) is 7.20. The maximum atomic E-state index is 10.7. The van der Waals surface area contributed by atoms with E-state index in [0.29, 0.717) is 44.2 Å². The van der Waals surface area contributed by atoms with Crippen molar-refractivity contribution in [3.63, 3.8) is 0 Å². The van der Waals surface area contributed by atoms with Gasteiger partial charge in [-0.1, -0.05) is 11.6 Å². The van der Waals surface area contributed by atoms with Crippen LogP contribution in [0, 0.1) is 10.1 Å². The van der Waals surface area contributed by atoms with Crippen LogP contribution in [0.25, 0.3) is 11.3 Å². The maximum absolute atomic E-state index is 10.7. The van der Waals surface area contributed by atoms with Gasteiger partial charge >= 0.3 is 0 Å². The summed E-state index contributed by atoms with van der Waals surface area (Å²) in [5.74, 6) is 1.32. The zero-order valence-electron chi connectivity index (χ0n) is 13.3. The molecule has 0 aliphatic carbocycles. The van der Waals surface area contributed by atoms with Crippen LogP contribution in [-0.2, 0) is 16.0 Å². The van der Waals surface area contributed by atoms with Gasteiger partial charge in [0, 0.05) is 31.4 Å². The molecule has 0 spiro atoms. The van der Waals surface area contributed by atoms with Crippen molar-refractivity contribution in [1.82, 2.24) is 5.32 Å². The van der Waals surface area contributed by atoms with Crippen LogP contribution >= 0.6 is 11.6 Å². The molecule has 130 valence electrons. The van der Waals surface area contributed by atoms with Gasteiger partial charge in [-0.25, -0.2) is 0 Å². The first kappa shape index (κ1) is 18.4. The number of non-ortho nitro benzene ring substituents is 1. The summed E-state index contributed by atoms with van der Waals surface area (Å²) in [6.07, 6.45) is 0. The van der Waals surface area contributed by atoms with Crippen molar-refractivity contribution in [2.24, 2.45) is 0 Å². The molecule has 0 atom stereocenters. The Morgan fingerprint density at radius 2 is 2.08 bits per heavy atom. The van der Waals surface area contributed by atoms with E-state index in [4.69, 9.17) is 25.5 Å². The Balaban J connectivity index is 1.86. The number of nitrogens with zero attached hydrogens (tertiary/aromatic N) is 1. The second-order valence-electron chi connectivity index (χ2n) is 4.97. The predicted molar refractivity (Wildman–Crippen MR) is 90.2 cm³/mol. The minimum Gasteiger partial charge on any atom is -0.460 e. The van der Waals surface area contributed by atoms with Crippen molar-refractivity contribution in [1.29, 1.82) is 0 Å². The van der Waals surface area contributed by atoms with Crippen LogP contribution in [-0.4, -0.2) is 38.4 Å². The molecular formula is C16H19ClN2O5. The normalized spacial score (nSPS) is 10.9. The lowest BCUT2D eigenvalue weighted by molar-refractivity contribution is -0.384. The minimum atomic E-state index is -0.484. The van der Waals surface area contributed by atoms with E-state index < -0.39 is 4.92 Å². The fraction of sp³-hybridized carbons (Fsp3) is 0.375. The molecule has 7 nitrogen and oxygen atoms in total. The van der Waals surface area contributed by atoms with Gasteiger partial charge in [0.2, 0.25) is 0 Å². The summed E-state index contributed by atoms with van der Waals surface area (Å²) >= 11 is 6.10. The fourth-order valence-corrected chi connectivity index (χ4v) is 2.30. The van der Waals surface area contributed by atoms with Gasteiger partial charge in [-0.15, -0.1) is 0 Å². The van der Waals surface area contributed by atoms with Gasteiger partial charge in [0.05, 0.1) is 36.3 Å². The van der Waals surface area contributed by atoms with Gasteiger partial charge in [-0.3, -0.25) is 10.1 Å². The molecule has 0 amide bonds. The molecule has 24 heavy (non-hydrogen) atoms. The lowest BCUT2D eigenvalue weighted by atomic mass is 10.1. The van der Waals surface area contributed by atoms with Crippen LogP contribution in [0.5, 0.6) is 0 Å². The van der Waals surface area contributed by atoms with Crippen molar-refractivity contribution in [2.45, 2.75) is 6.54 Å². The van der Waals surface area contributed by atoms with Gasteiger partial charge in [0.25, 0.3) is 5.69 Å². The molecule has 2 aromatic rings. The molecule has 1 aromatic carbocycles. The van der Waals surface area contributed by atoms with Gasteiger partial charge in [0.1, 0.15) is 11.5 Å². The minimum absolute atomic E-state index is 0.0503. The monoisotopic (exact) mass is 354 g/mol. The average molecular weight is 355 g/mol. The molecule has 0 aliphatic rings. The van der Waals surface area contributed by atoms with Crippen LogP contribution in [0.3, 0.4) is 0 Å². The van der Waals surface area contributed by atoms with Crippen molar-refractivity contribution in [3.8, 4) is 11.3 Å². The van der Waals surface area contributed by atoms with Crippen molar-refractivity contribution in [3.05, 3.63) is 51.2 Å². The molecule has 0 fully saturated rings. The molecular weight excluding hydrogens is 336 g/mol. The third-order valence-corrected chi connectivity index (χ3v) is 3.56. The third-order valence-electron chi connectivity index (χ3n) is 3.24. The zero-order chi connectivity index (χ0) is 17.4. The lowest BCUT2D eigenvalue weighted by Crippen LogP contribution is -2.19. The number of nitro benzene ring substituents is 1. The van der Waals surface area contributed by atoms with Crippen LogP contribution < -0.4 is 5.32 Å². The highest BCUT2D eigenvalue weighted by molar-refractivity contribution is 6.33. The fourth-order valence-electron chi connectivity index (χ4n) is 2.04. The Bertz CT molecular complexity index is 674. The van der Waals surface area contributed by atoms with E-state index in [9.17, 15) is 10.1 Å². The first-order chi connectivity index (χ1) is 11.6. The Labute approximate surface area is 144 Å². The number of methoxy groups -OCH3 is 1. The van der Waals surface area contributed by atoms with Crippen molar-refractivity contribution >= 4 is 17.3 Å². The Hall–Kier alpha value is -1.93. The summed E-state index contributed by atoms with van der Waals surface area (Å²) in [5, 5.41) is 14.2. The van der Waals surface area contributed by atoms with E-state index in [2.05, 4.69) is 5.32 Å². The van der Waals surface area contributed by atoms with E-state index >= 15 is 0 Å². The molecule has 0 aliphatic heterocycles. The zero-order valence-corrected chi connectivity index (χ0v) is 14.0. The van der Waals surface area contributed by atoms with Crippen LogP contribution in [0.2, 0.25) is 5.02 Å². The van der Waals surface area contributed by atoms with Crippen LogP contribution in [0.15, 0.2) is 34.7 Å². The molecule has 2 rings (SSSR count). The number of rotatable bonds is 10. The molecule has 0 radical (unpaired) electrons. The number of halogens is 1. The van der Waals surface area contributed by atoms with Gasteiger partial charge < -0.3 is 19.2 Å².